The van der Waals surface area contributed by atoms with Gasteiger partial charge in [0.05, 0.1) is 17.9 Å². The fourth-order valence-electron chi connectivity index (χ4n) is 3.41. The van der Waals surface area contributed by atoms with Crippen molar-refractivity contribution in [3.8, 4) is 0 Å². The summed E-state index contributed by atoms with van der Waals surface area (Å²) in [7, 11) is 0. The molecule has 6 heteroatoms. The molecule has 3 heterocycles. The Hall–Kier alpha value is -2.24. The van der Waals surface area contributed by atoms with E-state index in [0.717, 1.165) is 48.7 Å². The van der Waals surface area contributed by atoms with Gasteiger partial charge in [0.15, 0.2) is 5.82 Å². The van der Waals surface area contributed by atoms with E-state index in [1.54, 1.807) is 10.7 Å². The van der Waals surface area contributed by atoms with Crippen LogP contribution in [0.2, 0.25) is 0 Å². The summed E-state index contributed by atoms with van der Waals surface area (Å²) in [5.41, 5.74) is 3.24. The van der Waals surface area contributed by atoms with Gasteiger partial charge in [-0.25, -0.2) is 4.68 Å². The molecule has 1 fully saturated rings. The maximum absolute atomic E-state index is 12.2. The van der Waals surface area contributed by atoms with E-state index in [1.807, 2.05) is 19.1 Å². The van der Waals surface area contributed by atoms with Gasteiger partial charge in [-0.15, -0.1) is 5.10 Å². The molecule has 0 N–H and O–H groups in total. The largest absolute Gasteiger partial charge is 0.354 e. The van der Waals surface area contributed by atoms with Crippen LogP contribution in [0.4, 0.5) is 5.82 Å². The molecule has 1 aliphatic heterocycles. The van der Waals surface area contributed by atoms with E-state index in [9.17, 15) is 4.79 Å². The highest BCUT2D eigenvalue weighted by Gasteiger charge is 2.29. The van der Waals surface area contributed by atoms with Crippen molar-refractivity contribution in [3.05, 3.63) is 45.5 Å². The Bertz CT molecular complexity index is 762. The second-order valence-electron chi connectivity index (χ2n) is 6.65. The lowest BCUT2D eigenvalue weighted by Gasteiger charge is -2.39. The average molecular weight is 311 g/mol. The molecule has 0 saturated carbocycles. The smallest absolute Gasteiger partial charge is 0.267 e. The van der Waals surface area contributed by atoms with E-state index >= 15 is 0 Å². The lowest BCUT2D eigenvalue weighted by molar-refractivity contribution is 0.329. The van der Waals surface area contributed by atoms with Crippen LogP contribution in [0.3, 0.4) is 0 Å². The Labute approximate surface area is 135 Å². The number of aryl methyl sites for hydroxylation is 3. The molecule has 0 atom stereocenters. The van der Waals surface area contributed by atoms with E-state index in [0.29, 0.717) is 12.5 Å². The molecule has 2 aromatic rings. The third-order valence-corrected chi connectivity index (χ3v) is 4.77. The molecule has 0 aromatic carbocycles. The van der Waals surface area contributed by atoms with Crippen molar-refractivity contribution in [3.63, 3.8) is 0 Å². The van der Waals surface area contributed by atoms with Crippen molar-refractivity contribution in [2.75, 3.05) is 18.0 Å². The van der Waals surface area contributed by atoms with Crippen LogP contribution in [0.1, 0.15) is 29.8 Å². The average Bonchev–Trinajstić information content (AvgIpc) is 2.52. The molecular weight excluding hydrogens is 290 g/mol. The molecule has 0 spiro atoms. The highest BCUT2D eigenvalue weighted by Crippen LogP contribution is 2.23. The van der Waals surface area contributed by atoms with Crippen LogP contribution in [-0.2, 0) is 19.4 Å². The molecule has 0 bridgehead atoms. The van der Waals surface area contributed by atoms with E-state index in [-0.39, 0.29) is 5.56 Å². The summed E-state index contributed by atoms with van der Waals surface area (Å²) in [4.78, 5) is 14.4. The molecule has 2 aromatic heterocycles. The SMILES string of the molecule is Cc1ccc(N2CC(Cn3nc4c(cc3=O)CCCC4)C2)nn1. The van der Waals surface area contributed by atoms with Crippen molar-refractivity contribution >= 4 is 5.82 Å². The predicted molar refractivity (Wildman–Crippen MR) is 87.6 cm³/mol. The summed E-state index contributed by atoms with van der Waals surface area (Å²) in [6.07, 6.45) is 4.36. The first-order chi connectivity index (χ1) is 11.2. The van der Waals surface area contributed by atoms with Gasteiger partial charge in [-0.05, 0) is 50.3 Å². The zero-order valence-electron chi connectivity index (χ0n) is 13.4. The van der Waals surface area contributed by atoms with Crippen LogP contribution < -0.4 is 10.5 Å². The van der Waals surface area contributed by atoms with Crippen LogP contribution >= 0.6 is 0 Å². The summed E-state index contributed by atoms with van der Waals surface area (Å²) >= 11 is 0. The molecular formula is C17H21N5O. The summed E-state index contributed by atoms with van der Waals surface area (Å²) in [6.45, 7) is 4.44. The summed E-state index contributed by atoms with van der Waals surface area (Å²) in [5, 5.41) is 12.9. The Morgan fingerprint density at radius 1 is 1.17 bits per heavy atom. The molecule has 23 heavy (non-hydrogen) atoms. The van der Waals surface area contributed by atoms with Gasteiger partial charge in [0, 0.05) is 25.1 Å². The molecule has 0 unspecified atom stereocenters. The Kier molecular flexibility index (Phi) is 3.59. The van der Waals surface area contributed by atoms with Crippen LogP contribution in [0.15, 0.2) is 23.0 Å². The molecule has 2 aliphatic rings. The van der Waals surface area contributed by atoms with Crippen molar-refractivity contribution in [2.24, 2.45) is 5.92 Å². The lowest BCUT2D eigenvalue weighted by atomic mass is 9.96. The van der Waals surface area contributed by atoms with Crippen LogP contribution in [-0.4, -0.2) is 33.1 Å². The quantitative estimate of drug-likeness (QED) is 0.856. The highest BCUT2D eigenvalue weighted by molar-refractivity contribution is 5.40. The van der Waals surface area contributed by atoms with Crippen LogP contribution in [0.5, 0.6) is 0 Å². The first-order valence-electron chi connectivity index (χ1n) is 8.34. The number of nitrogens with zero attached hydrogens (tertiary/aromatic N) is 5. The highest BCUT2D eigenvalue weighted by atomic mass is 16.1. The number of aromatic nitrogens is 4. The normalized spacial score (nSPS) is 17.7. The first kappa shape index (κ1) is 14.4. The number of anilines is 1. The second kappa shape index (κ2) is 5.76. The molecule has 1 saturated heterocycles. The number of fused-ring (bicyclic) bond motifs is 1. The van der Waals surface area contributed by atoms with Gasteiger partial charge in [0.1, 0.15) is 0 Å². The van der Waals surface area contributed by atoms with Gasteiger partial charge in [0.2, 0.25) is 0 Å². The maximum atomic E-state index is 12.2. The first-order valence-corrected chi connectivity index (χ1v) is 8.34. The van der Waals surface area contributed by atoms with Gasteiger partial charge in [-0.1, -0.05) is 0 Å². The minimum atomic E-state index is 0.0410. The monoisotopic (exact) mass is 311 g/mol. The summed E-state index contributed by atoms with van der Waals surface area (Å²) < 4.78 is 1.66. The molecule has 6 nitrogen and oxygen atoms in total. The predicted octanol–water partition coefficient (Wildman–Crippen LogP) is 1.36. The Balaban J connectivity index is 1.42. The van der Waals surface area contributed by atoms with Crippen LogP contribution in [0, 0.1) is 12.8 Å². The topological polar surface area (TPSA) is 63.9 Å². The number of rotatable bonds is 3. The Morgan fingerprint density at radius 2 is 2.00 bits per heavy atom. The number of hydrogen-bond donors (Lipinski definition) is 0. The minimum absolute atomic E-state index is 0.0410. The van der Waals surface area contributed by atoms with Crippen molar-refractivity contribution < 1.29 is 0 Å². The van der Waals surface area contributed by atoms with Crippen LogP contribution in [0.25, 0.3) is 0 Å². The molecule has 120 valence electrons. The van der Waals surface area contributed by atoms with Gasteiger partial charge < -0.3 is 4.90 Å². The van der Waals surface area contributed by atoms with E-state index < -0.39 is 0 Å². The second-order valence-corrected chi connectivity index (χ2v) is 6.65. The summed E-state index contributed by atoms with van der Waals surface area (Å²) in [6, 6.07) is 5.77. The third kappa shape index (κ3) is 2.85. The zero-order chi connectivity index (χ0) is 15.8. The standard InChI is InChI=1S/C17H21N5O/c1-12-6-7-16(19-18-12)21-9-13(10-21)11-22-17(23)8-14-4-2-3-5-15(14)20-22/h6-8,13H,2-5,9-11H2,1H3. The molecule has 1 aliphatic carbocycles. The third-order valence-electron chi connectivity index (χ3n) is 4.77. The molecule has 4 rings (SSSR count). The Morgan fingerprint density at radius 3 is 2.78 bits per heavy atom. The van der Waals surface area contributed by atoms with Crippen molar-refractivity contribution in [1.82, 2.24) is 20.0 Å². The maximum Gasteiger partial charge on any atom is 0.267 e. The lowest BCUT2D eigenvalue weighted by Crippen LogP contribution is -2.50. The van der Waals surface area contributed by atoms with Gasteiger partial charge in [-0.2, -0.15) is 10.2 Å². The fraction of sp³-hybridized carbons (Fsp3) is 0.529. The zero-order valence-corrected chi connectivity index (χ0v) is 13.4. The minimum Gasteiger partial charge on any atom is -0.354 e. The number of hydrogen-bond acceptors (Lipinski definition) is 5. The molecule has 0 radical (unpaired) electrons. The fourth-order valence-corrected chi connectivity index (χ4v) is 3.41. The van der Waals surface area contributed by atoms with E-state index in [2.05, 4.69) is 20.2 Å². The van der Waals surface area contributed by atoms with Gasteiger partial charge in [-0.3, -0.25) is 4.79 Å². The summed E-state index contributed by atoms with van der Waals surface area (Å²) in [5.74, 6) is 1.36. The van der Waals surface area contributed by atoms with Gasteiger partial charge >= 0.3 is 0 Å². The van der Waals surface area contributed by atoms with Crippen molar-refractivity contribution in [1.29, 1.82) is 0 Å². The van der Waals surface area contributed by atoms with Crippen molar-refractivity contribution in [2.45, 2.75) is 39.2 Å². The van der Waals surface area contributed by atoms with E-state index in [1.165, 1.54) is 12.8 Å². The van der Waals surface area contributed by atoms with Gasteiger partial charge in [0.25, 0.3) is 5.56 Å². The van der Waals surface area contributed by atoms with E-state index in [4.69, 9.17) is 0 Å². The molecule has 0 amide bonds.